The van der Waals surface area contributed by atoms with Gasteiger partial charge in [-0.05, 0) is 41.9 Å². The van der Waals surface area contributed by atoms with Gasteiger partial charge in [0.1, 0.15) is 42.6 Å². The molecule has 0 fully saturated rings. The lowest BCUT2D eigenvalue weighted by Crippen LogP contribution is -2.59. The molecule has 0 unspecified atom stereocenters. The zero-order chi connectivity index (χ0) is 51.1. The van der Waals surface area contributed by atoms with Gasteiger partial charge in [0.15, 0.2) is 0 Å². The van der Waals surface area contributed by atoms with E-state index in [9.17, 15) is 58.8 Å². The van der Waals surface area contributed by atoms with E-state index < -0.39 is 134 Å². The van der Waals surface area contributed by atoms with Gasteiger partial charge in [0, 0.05) is 26.0 Å². The third kappa shape index (κ3) is 19.9. The second-order valence-electron chi connectivity index (χ2n) is 18.4. The highest BCUT2D eigenvalue weighted by Gasteiger charge is 2.37. The van der Waals surface area contributed by atoms with Crippen LogP contribution in [0.1, 0.15) is 112 Å². The molecule has 0 spiro atoms. The second-order valence-corrected chi connectivity index (χ2v) is 18.4. The summed E-state index contributed by atoms with van der Waals surface area (Å²) in [6.07, 6.45) is 7.15. The highest BCUT2D eigenvalue weighted by Crippen LogP contribution is 2.18. The number of amides is 7. The number of benzene rings is 1. The van der Waals surface area contributed by atoms with E-state index in [2.05, 4.69) is 38.8 Å². The van der Waals surface area contributed by atoms with Crippen molar-refractivity contribution < 1.29 is 63.5 Å². The number of carbonyl (C=O) groups excluding carboxylic acids is 8. The first-order chi connectivity index (χ1) is 32.1. The normalized spacial score (nSPS) is 19.6. The molecule has 8 atom stereocenters. The molecule has 1 aromatic carbocycles. The van der Waals surface area contributed by atoms with Crippen molar-refractivity contribution >= 4 is 47.3 Å². The van der Waals surface area contributed by atoms with E-state index in [1.54, 1.807) is 53.7 Å². The Bertz CT molecular complexity index is 1840. The van der Waals surface area contributed by atoms with Crippen molar-refractivity contribution in [2.24, 2.45) is 17.8 Å². The maximum atomic E-state index is 13.8. The minimum absolute atomic E-state index is 0.00138. The molecule has 0 aliphatic carbocycles. The van der Waals surface area contributed by atoms with Crippen molar-refractivity contribution in [3.63, 3.8) is 0 Å². The summed E-state index contributed by atoms with van der Waals surface area (Å²) in [6, 6.07) is -2.45. The quantitative estimate of drug-likeness (QED) is 0.0451. The minimum Gasteiger partial charge on any atom is -0.508 e. The van der Waals surface area contributed by atoms with E-state index in [0.717, 1.165) is 44.6 Å². The fourth-order valence-electron chi connectivity index (χ4n) is 7.34. The Kier molecular flexibility index (Phi) is 25.8. The van der Waals surface area contributed by atoms with Crippen molar-refractivity contribution in [2.75, 3.05) is 26.9 Å². The van der Waals surface area contributed by atoms with Gasteiger partial charge in [0.25, 0.3) is 0 Å². The summed E-state index contributed by atoms with van der Waals surface area (Å²) in [4.78, 5) is 108. The van der Waals surface area contributed by atoms with Crippen molar-refractivity contribution in [3.05, 3.63) is 42.0 Å². The van der Waals surface area contributed by atoms with Gasteiger partial charge in [-0.2, -0.15) is 0 Å². The SMILES string of the molecule is CCCCCCCCCC(=O)N[C@@H](CO)C(=O)N[C@H](C(=O)N[C@@H](CO)[C@@H](O)CC(=O)N[C@H](C(=O)N[C@@H]1/C=C\C(=O)N[C@@H](C(C)C)C(=O)N(C)[C@@H](Cc2ccc(O)cc2)C(=O)OC1)C(C)C)C(C)C. The maximum Gasteiger partial charge on any atom is 0.329 e. The monoisotopic (exact) mass is 960 g/mol. The molecule has 20 heteroatoms. The molecule has 7 amide bonds. The molecule has 0 bridgehead atoms. The summed E-state index contributed by atoms with van der Waals surface area (Å²) in [5, 5.41) is 56.2. The molecule has 1 aliphatic heterocycles. The number of nitrogens with one attached hydrogen (secondary N) is 6. The van der Waals surface area contributed by atoms with Crippen LogP contribution < -0.4 is 31.9 Å². The number of phenolic OH excluding ortho intramolecular Hbond substituents is 1. The zero-order valence-electron chi connectivity index (χ0n) is 40.9. The van der Waals surface area contributed by atoms with Gasteiger partial charge in [-0.25, -0.2) is 4.79 Å². The van der Waals surface area contributed by atoms with Crippen LogP contribution >= 0.6 is 0 Å². The van der Waals surface area contributed by atoms with Crippen LogP contribution in [0.15, 0.2) is 36.4 Å². The molecule has 1 heterocycles. The highest BCUT2D eigenvalue weighted by atomic mass is 16.5. The standard InChI is InChI=1S/C48H77N7O13/c1-9-10-11-12-13-14-15-16-38(60)50-35(26-57)44(63)54-42(29(4)5)46(65)51-34(25-56)37(59)24-40(62)53-41(28(2)3)45(64)49-32-19-22-39(61)52-43(30(6)7)47(66)55(8)36(48(67)68-27-32)23-31-17-20-33(58)21-18-31/h17-22,28-30,32,34-37,41-43,56-59H,9-16,23-27H2,1-8H3,(H,49,64)(H,50,60)(H,51,65)(H,52,61)(H,53,62)(H,54,63)/b22-19-/t32-,34+,35+,36+,37+,41+,42+,43+/m1/s1. The van der Waals surface area contributed by atoms with Crippen LogP contribution in [-0.2, 0) is 49.5 Å². The predicted octanol–water partition coefficient (Wildman–Crippen LogP) is 0.628. The Morgan fingerprint density at radius 3 is 1.96 bits per heavy atom. The van der Waals surface area contributed by atoms with E-state index in [0.29, 0.717) is 12.0 Å². The van der Waals surface area contributed by atoms with Crippen LogP contribution in [-0.4, -0.2) is 148 Å². The van der Waals surface area contributed by atoms with Crippen LogP contribution in [0.4, 0.5) is 0 Å². The summed E-state index contributed by atoms with van der Waals surface area (Å²) in [5.41, 5.74) is 0.604. The smallest absolute Gasteiger partial charge is 0.329 e. The predicted molar refractivity (Wildman–Crippen MR) is 252 cm³/mol. The summed E-state index contributed by atoms with van der Waals surface area (Å²) in [7, 11) is 1.42. The zero-order valence-corrected chi connectivity index (χ0v) is 40.9. The number of hydrogen-bond donors (Lipinski definition) is 10. The molecule has 0 radical (unpaired) electrons. The van der Waals surface area contributed by atoms with Crippen molar-refractivity contribution in [1.82, 2.24) is 36.8 Å². The van der Waals surface area contributed by atoms with Crippen molar-refractivity contribution in [1.29, 1.82) is 0 Å². The Balaban J connectivity index is 2.13. The average molecular weight is 960 g/mol. The molecule has 0 aromatic heterocycles. The number of ether oxygens (including phenoxy) is 1. The van der Waals surface area contributed by atoms with Gasteiger partial charge in [-0.3, -0.25) is 33.6 Å². The maximum absolute atomic E-state index is 13.8. The molecule has 2 rings (SSSR count). The van der Waals surface area contributed by atoms with Gasteiger partial charge in [-0.1, -0.05) is 105 Å². The highest BCUT2D eigenvalue weighted by molar-refractivity contribution is 5.95. The van der Waals surface area contributed by atoms with Gasteiger partial charge in [0.05, 0.1) is 37.8 Å². The van der Waals surface area contributed by atoms with Crippen LogP contribution in [0, 0.1) is 17.8 Å². The lowest BCUT2D eigenvalue weighted by Gasteiger charge is -2.32. The molecule has 382 valence electrons. The number of unbranched alkanes of at least 4 members (excludes halogenated alkanes) is 6. The summed E-state index contributed by atoms with van der Waals surface area (Å²) in [5.74, 6) is -7.10. The Hall–Kier alpha value is -5.60. The van der Waals surface area contributed by atoms with Gasteiger partial charge in [0.2, 0.25) is 41.4 Å². The lowest BCUT2D eigenvalue weighted by molar-refractivity contribution is -0.156. The van der Waals surface area contributed by atoms with E-state index in [-0.39, 0.29) is 24.5 Å². The number of aromatic hydroxyl groups is 1. The molecule has 10 N–H and O–H groups in total. The number of cyclic esters (lactones) is 1. The van der Waals surface area contributed by atoms with E-state index >= 15 is 0 Å². The first-order valence-electron chi connectivity index (χ1n) is 23.7. The second kappa shape index (κ2) is 30.0. The number of aliphatic hydroxyl groups is 3. The number of nitrogens with zero attached hydrogens (tertiary/aromatic N) is 1. The van der Waals surface area contributed by atoms with Crippen LogP contribution in [0.25, 0.3) is 0 Å². The van der Waals surface area contributed by atoms with Crippen LogP contribution in [0.5, 0.6) is 5.75 Å². The molecule has 68 heavy (non-hydrogen) atoms. The topological polar surface area (TPSA) is 302 Å². The number of carbonyl (C=O) groups is 8. The number of phenols is 1. The number of esters is 1. The van der Waals surface area contributed by atoms with Gasteiger partial charge < -0.3 is 62.0 Å². The average Bonchev–Trinajstić information content (AvgIpc) is 3.28. The van der Waals surface area contributed by atoms with Gasteiger partial charge in [-0.15, -0.1) is 0 Å². The summed E-state index contributed by atoms with van der Waals surface area (Å²) >= 11 is 0. The number of hydrogen-bond acceptors (Lipinski definition) is 13. The number of likely N-dealkylation sites (N-methyl/N-ethyl adjacent to an activating group) is 1. The Labute approximate surface area is 400 Å². The molecule has 1 aliphatic rings. The third-order valence-corrected chi connectivity index (χ3v) is 11.6. The largest absolute Gasteiger partial charge is 0.508 e. The molecule has 0 saturated carbocycles. The van der Waals surface area contributed by atoms with Crippen LogP contribution in [0.3, 0.4) is 0 Å². The lowest BCUT2D eigenvalue weighted by atomic mass is 9.99. The minimum atomic E-state index is -1.68. The molecular weight excluding hydrogens is 883 g/mol. The van der Waals surface area contributed by atoms with Gasteiger partial charge >= 0.3 is 5.97 Å². The van der Waals surface area contributed by atoms with E-state index in [4.69, 9.17) is 4.74 Å². The summed E-state index contributed by atoms with van der Waals surface area (Å²) < 4.78 is 5.63. The fraction of sp³-hybridized carbons (Fsp3) is 0.667. The van der Waals surface area contributed by atoms with Crippen molar-refractivity contribution in [3.8, 4) is 5.75 Å². The first kappa shape index (κ1) is 58.5. The van der Waals surface area contributed by atoms with Crippen molar-refractivity contribution in [2.45, 2.75) is 161 Å². The molecule has 0 saturated heterocycles. The summed E-state index contributed by atoms with van der Waals surface area (Å²) in [6.45, 7) is 10.1. The Morgan fingerprint density at radius 2 is 1.38 bits per heavy atom. The first-order valence-corrected chi connectivity index (χ1v) is 23.7. The number of rotatable bonds is 26. The molecular formula is C48H77N7O13. The Morgan fingerprint density at radius 1 is 0.779 bits per heavy atom. The number of aliphatic hydroxyl groups excluding tert-OH is 3. The third-order valence-electron chi connectivity index (χ3n) is 11.6. The van der Waals surface area contributed by atoms with E-state index in [1.165, 1.54) is 30.2 Å². The van der Waals surface area contributed by atoms with E-state index in [1.807, 2.05) is 0 Å². The fourth-order valence-corrected chi connectivity index (χ4v) is 7.34. The molecule has 20 nitrogen and oxygen atoms in total. The van der Waals surface area contributed by atoms with Crippen LogP contribution in [0.2, 0.25) is 0 Å². The molecule has 1 aromatic rings.